The Morgan fingerprint density at radius 1 is 0.516 bits per heavy atom. The van der Waals surface area contributed by atoms with Crippen LogP contribution in [0.1, 0.15) is 219 Å². The van der Waals surface area contributed by atoms with Crippen LogP contribution in [-0.4, -0.2) is 64.9 Å². The summed E-state index contributed by atoms with van der Waals surface area (Å²) in [5.74, 6) is -2.38. The van der Waals surface area contributed by atoms with Crippen molar-refractivity contribution < 1.29 is 47.8 Å². The van der Waals surface area contributed by atoms with Crippen LogP contribution in [0, 0.1) is 0 Å². The van der Waals surface area contributed by atoms with Gasteiger partial charge in [0.25, 0.3) is 0 Å². The standard InChI is InChI=1S/C52H92NO10P/c1-3-5-7-9-11-13-15-17-19-21-22-23-24-25-26-28-29-31-33-35-37-39-41-43-50(55)53-49(52(57)58)47-63-64(59,60)62-46-48(54)45-61-51(56)44-42-40-38-36-34-32-30-27-20-18-16-14-12-10-8-6-4-2/h6,8,11-14,17-20,48-49,54H,3-5,7,9-10,15-16,21-47H2,1-2H3,(H,53,55)(H,57,58)(H,59,60)/b8-6-,13-11-,14-12-,19-17-,20-18-. The number of phosphoric acid groups is 1. The van der Waals surface area contributed by atoms with Gasteiger partial charge in [0, 0.05) is 12.8 Å². The van der Waals surface area contributed by atoms with Gasteiger partial charge < -0.3 is 25.2 Å². The quantitative estimate of drug-likeness (QED) is 0.0199. The second-order valence-corrected chi connectivity index (χ2v) is 18.4. The maximum absolute atomic E-state index is 12.4. The zero-order valence-corrected chi connectivity index (χ0v) is 41.2. The summed E-state index contributed by atoms with van der Waals surface area (Å²) >= 11 is 0. The van der Waals surface area contributed by atoms with E-state index >= 15 is 0 Å². The number of ether oxygens (including phenoxy) is 1. The Balaban J connectivity index is 3.83. The second kappa shape index (κ2) is 46.7. The zero-order valence-electron chi connectivity index (χ0n) is 40.3. The SMILES string of the molecule is CC/C=C\C/C=C\C/C=C\CCCCCCCCCC(=O)OCC(O)COP(=O)(O)OCC(NC(=O)CCCCCCCCCCCCCCC/C=C\C/C=C\CCCCC)C(=O)O. The Morgan fingerprint density at radius 2 is 0.906 bits per heavy atom. The number of aliphatic carboxylic acids is 1. The van der Waals surface area contributed by atoms with Gasteiger partial charge in [0.05, 0.1) is 13.2 Å². The van der Waals surface area contributed by atoms with E-state index in [2.05, 4.69) is 79.9 Å². The summed E-state index contributed by atoms with van der Waals surface area (Å²) in [6.07, 6.45) is 55.2. The summed E-state index contributed by atoms with van der Waals surface area (Å²) in [6.45, 7) is 2.47. The molecule has 0 bridgehead atoms. The molecule has 0 aromatic rings. The summed E-state index contributed by atoms with van der Waals surface area (Å²) in [5.41, 5.74) is 0. The molecule has 0 aliphatic heterocycles. The molecule has 0 saturated heterocycles. The Bertz CT molecular complexity index is 1310. The van der Waals surface area contributed by atoms with Crippen molar-refractivity contribution in [1.29, 1.82) is 0 Å². The second-order valence-electron chi connectivity index (χ2n) is 17.0. The van der Waals surface area contributed by atoms with Crippen LogP contribution < -0.4 is 5.32 Å². The molecule has 0 heterocycles. The van der Waals surface area contributed by atoms with Gasteiger partial charge in [0.1, 0.15) is 12.7 Å². The van der Waals surface area contributed by atoms with Gasteiger partial charge in [-0.1, -0.05) is 190 Å². The molecule has 0 rings (SSSR count). The number of unbranched alkanes of at least 4 members (excludes halogenated alkanes) is 23. The predicted octanol–water partition coefficient (Wildman–Crippen LogP) is 13.9. The molecule has 0 radical (unpaired) electrons. The van der Waals surface area contributed by atoms with Crippen molar-refractivity contribution in [2.24, 2.45) is 0 Å². The van der Waals surface area contributed by atoms with E-state index in [1.165, 1.54) is 103 Å². The molecule has 3 atom stereocenters. The molecule has 64 heavy (non-hydrogen) atoms. The molecule has 12 heteroatoms. The van der Waals surface area contributed by atoms with Crippen molar-refractivity contribution in [3.05, 3.63) is 60.8 Å². The lowest BCUT2D eigenvalue weighted by atomic mass is 10.0. The van der Waals surface area contributed by atoms with Crippen LogP contribution in [0.5, 0.6) is 0 Å². The van der Waals surface area contributed by atoms with Gasteiger partial charge in [-0.15, -0.1) is 0 Å². The van der Waals surface area contributed by atoms with Crippen LogP contribution in [0.2, 0.25) is 0 Å². The Morgan fingerprint density at radius 3 is 1.36 bits per heavy atom. The fraction of sp³-hybridized carbons (Fsp3) is 0.750. The molecule has 0 fully saturated rings. The highest BCUT2D eigenvalue weighted by atomic mass is 31.2. The van der Waals surface area contributed by atoms with E-state index in [1.807, 2.05) is 0 Å². The largest absolute Gasteiger partial charge is 0.480 e. The fourth-order valence-electron chi connectivity index (χ4n) is 6.89. The minimum atomic E-state index is -4.77. The molecule has 0 saturated carbocycles. The van der Waals surface area contributed by atoms with Gasteiger partial charge in [-0.05, 0) is 77.0 Å². The first-order chi connectivity index (χ1) is 31.1. The van der Waals surface area contributed by atoms with E-state index in [-0.39, 0.29) is 12.8 Å². The molecule has 1 amide bonds. The Hall–Kier alpha value is -2.82. The number of carboxylic acids is 1. The van der Waals surface area contributed by atoms with Crippen LogP contribution in [0.15, 0.2) is 60.8 Å². The smallest absolute Gasteiger partial charge is 0.472 e. The fourth-order valence-corrected chi connectivity index (χ4v) is 7.66. The molecule has 0 spiro atoms. The number of carboxylic acid groups (broad SMARTS) is 1. The molecule has 0 aliphatic rings. The molecular formula is C52H92NO10P. The minimum Gasteiger partial charge on any atom is -0.480 e. The molecule has 3 unspecified atom stereocenters. The van der Waals surface area contributed by atoms with E-state index in [4.69, 9.17) is 13.8 Å². The third-order valence-corrected chi connectivity index (χ3v) is 11.7. The zero-order chi connectivity index (χ0) is 47.0. The van der Waals surface area contributed by atoms with E-state index in [1.54, 1.807) is 0 Å². The van der Waals surface area contributed by atoms with Crippen molar-refractivity contribution in [3.63, 3.8) is 0 Å². The number of nitrogens with one attached hydrogen (secondary N) is 1. The summed E-state index contributed by atoms with van der Waals surface area (Å²) in [7, 11) is -4.77. The van der Waals surface area contributed by atoms with Crippen molar-refractivity contribution in [1.82, 2.24) is 5.32 Å². The molecule has 0 aliphatic carbocycles. The van der Waals surface area contributed by atoms with Crippen LogP contribution >= 0.6 is 7.82 Å². The highest BCUT2D eigenvalue weighted by Crippen LogP contribution is 2.43. The number of esters is 1. The van der Waals surface area contributed by atoms with Crippen molar-refractivity contribution in [2.75, 3.05) is 19.8 Å². The first kappa shape index (κ1) is 61.2. The van der Waals surface area contributed by atoms with E-state index in [0.29, 0.717) is 12.8 Å². The molecular weight excluding hydrogens is 830 g/mol. The lowest BCUT2D eigenvalue weighted by Crippen LogP contribution is -2.43. The predicted molar refractivity (Wildman–Crippen MR) is 263 cm³/mol. The normalized spacial score (nSPS) is 14.1. The topological polar surface area (TPSA) is 169 Å². The molecule has 0 aromatic heterocycles. The van der Waals surface area contributed by atoms with Crippen molar-refractivity contribution in [2.45, 2.75) is 231 Å². The lowest BCUT2D eigenvalue weighted by Gasteiger charge is -2.18. The van der Waals surface area contributed by atoms with Crippen LogP contribution in [0.4, 0.5) is 0 Å². The van der Waals surface area contributed by atoms with E-state index < -0.39 is 57.6 Å². The number of hydrogen-bond acceptors (Lipinski definition) is 8. The maximum Gasteiger partial charge on any atom is 0.472 e. The lowest BCUT2D eigenvalue weighted by molar-refractivity contribution is -0.147. The number of amides is 1. The van der Waals surface area contributed by atoms with Gasteiger partial charge in [0.15, 0.2) is 6.04 Å². The number of rotatable bonds is 47. The number of carbonyl (C=O) groups is 3. The number of aliphatic hydroxyl groups is 1. The number of phosphoric ester groups is 1. The summed E-state index contributed by atoms with van der Waals surface area (Å²) < 4.78 is 26.9. The highest BCUT2D eigenvalue weighted by Gasteiger charge is 2.28. The summed E-state index contributed by atoms with van der Waals surface area (Å²) in [4.78, 5) is 46.1. The summed E-state index contributed by atoms with van der Waals surface area (Å²) in [5, 5.41) is 21.9. The van der Waals surface area contributed by atoms with Crippen molar-refractivity contribution >= 4 is 25.7 Å². The molecule has 11 nitrogen and oxygen atoms in total. The van der Waals surface area contributed by atoms with Crippen LogP contribution in [-0.2, 0) is 32.7 Å². The van der Waals surface area contributed by atoms with Gasteiger partial charge in [-0.25, -0.2) is 9.36 Å². The number of aliphatic hydroxyl groups excluding tert-OH is 1. The third kappa shape index (κ3) is 45.7. The number of allylic oxidation sites excluding steroid dienone is 10. The van der Waals surface area contributed by atoms with Gasteiger partial charge >= 0.3 is 19.8 Å². The first-order valence-electron chi connectivity index (χ1n) is 25.3. The van der Waals surface area contributed by atoms with Crippen LogP contribution in [0.3, 0.4) is 0 Å². The number of hydrogen-bond donors (Lipinski definition) is 4. The Kier molecular flexibility index (Phi) is 44.6. The first-order valence-corrected chi connectivity index (χ1v) is 26.8. The average Bonchev–Trinajstić information content (AvgIpc) is 3.27. The minimum absolute atomic E-state index is 0.143. The maximum atomic E-state index is 12.4. The highest BCUT2D eigenvalue weighted by molar-refractivity contribution is 7.47. The number of carbonyl (C=O) groups excluding carboxylic acids is 2. The average molecular weight is 922 g/mol. The molecule has 4 N–H and O–H groups in total. The summed E-state index contributed by atoms with van der Waals surface area (Å²) in [6, 6.07) is -1.55. The van der Waals surface area contributed by atoms with Gasteiger partial charge in [0.2, 0.25) is 5.91 Å². The van der Waals surface area contributed by atoms with Gasteiger partial charge in [-0.2, -0.15) is 0 Å². The Labute approximate surface area is 389 Å². The molecule has 370 valence electrons. The van der Waals surface area contributed by atoms with E-state index in [0.717, 1.165) is 77.0 Å². The third-order valence-electron chi connectivity index (χ3n) is 10.8. The van der Waals surface area contributed by atoms with Crippen molar-refractivity contribution in [3.8, 4) is 0 Å². The monoisotopic (exact) mass is 922 g/mol. The molecule has 0 aromatic carbocycles. The van der Waals surface area contributed by atoms with E-state index in [9.17, 15) is 34.1 Å². The van der Waals surface area contributed by atoms with Crippen LogP contribution in [0.25, 0.3) is 0 Å². The van der Waals surface area contributed by atoms with Gasteiger partial charge in [-0.3, -0.25) is 18.6 Å².